The molecule has 0 spiro atoms. The fraction of sp³-hybridized carbons (Fsp3) is 0.389. The van der Waals surface area contributed by atoms with Crippen molar-refractivity contribution in [1.29, 1.82) is 0 Å². The Labute approximate surface area is 154 Å². The van der Waals surface area contributed by atoms with E-state index in [1.165, 1.54) is 27.7 Å². The molecule has 0 saturated heterocycles. The van der Waals surface area contributed by atoms with Crippen LogP contribution in [0.15, 0.2) is 18.2 Å². The van der Waals surface area contributed by atoms with Gasteiger partial charge in [0.25, 0.3) is 0 Å². The maximum Gasteiger partial charge on any atom is 0.336 e. The molecule has 0 unspecified atom stereocenters. The van der Waals surface area contributed by atoms with Gasteiger partial charge in [-0.2, -0.15) is 0 Å². The Morgan fingerprint density at radius 2 is 1.74 bits per heavy atom. The monoisotopic (exact) mass is 378 g/mol. The quantitative estimate of drug-likeness (QED) is 0.447. The van der Waals surface area contributed by atoms with Crippen LogP contribution < -0.4 is 5.32 Å². The molecule has 1 aliphatic rings. The first-order valence-corrected chi connectivity index (χ1v) is 8.32. The van der Waals surface area contributed by atoms with E-state index in [4.69, 9.17) is 20.4 Å². The number of fused-ring (bicyclic) bond motifs is 3. The summed E-state index contributed by atoms with van der Waals surface area (Å²) in [7, 11) is 0. The number of aromatic amines is 1. The molecule has 1 aromatic heterocycles. The molecule has 1 aromatic carbocycles. The van der Waals surface area contributed by atoms with Crippen LogP contribution in [0.4, 0.5) is 0 Å². The number of hydrogen-bond acceptors (Lipinski definition) is 5. The predicted octanol–water partition coefficient (Wildman–Crippen LogP) is 0.874. The number of benzene rings is 1. The minimum Gasteiger partial charge on any atom is -0.481 e. The highest BCUT2D eigenvalue weighted by atomic mass is 16.4. The second-order valence-electron chi connectivity index (χ2n) is 6.54. The maximum atomic E-state index is 10.3. The second kappa shape index (κ2) is 8.19. The molecule has 0 amide bonds. The lowest BCUT2D eigenvalue weighted by Crippen LogP contribution is -2.42. The molecule has 0 saturated carbocycles. The molecular formula is C18H22N2O7. The van der Waals surface area contributed by atoms with Gasteiger partial charge in [-0.1, -0.05) is 11.6 Å². The van der Waals surface area contributed by atoms with Gasteiger partial charge in [0.1, 0.15) is 0 Å². The SMILES string of the molecule is Cc1ccc2[nH]c3c(c2c1)CCNC3.O=C(O)CC(O)(CC(=O)O)C(=O)O. The van der Waals surface area contributed by atoms with E-state index < -0.39 is 36.4 Å². The fourth-order valence-corrected chi connectivity index (χ4v) is 2.99. The van der Waals surface area contributed by atoms with E-state index in [9.17, 15) is 14.4 Å². The number of hydrogen-bond donors (Lipinski definition) is 6. The van der Waals surface area contributed by atoms with Crippen LogP contribution in [0.3, 0.4) is 0 Å². The minimum absolute atomic E-state index is 0.989. The summed E-state index contributed by atoms with van der Waals surface area (Å²) in [5, 5.41) is 38.6. The molecule has 9 nitrogen and oxygen atoms in total. The lowest BCUT2D eigenvalue weighted by molar-refractivity contribution is -0.170. The number of aliphatic carboxylic acids is 3. The number of carboxylic acids is 3. The molecule has 2 heterocycles. The topological polar surface area (TPSA) is 160 Å². The lowest BCUT2D eigenvalue weighted by atomic mass is 9.96. The molecule has 9 heteroatoms. The van der Waals surface area contributed by atoms with Crippen LogP contribution in [-0.2, 0) is 27.3 Å². The second-order valence-corrected chi connectivity index (χ2v) is 6.54. The van der Waals surface area contributed by atoms with Gasteiger partial charge in [0.2, 0.25) is 0 Å². The Morgan fingerprint density at radius 1 is 1.11 bits per heavy atom. The van der Waals surface area contributed by atoms with Crippen molar-refractivity contribution in [3.05, 3.63) is 35.0 Å². The van der Waals surface area contributed by atoms with E-state index in [1.54, 1.807) is 0 Å². The summed E-state index contributed by atoms with van der Waals surface area (Å²) in [5.41, 5.74) is 2.78. The molecular weight excluding hydrogens is 356 g/mol. The van der Waals surface area contributed by atoms with Crippen LogP contribution in [0.5, 0.6) is 0 Å². The van der Waals surface area contributed by atoms with E-state index in [1.807, 2.05) is 0 Å². The third kappa shape index (κ3) is 5.05. The van der Waals surface area contributed by atoms with Crippen molar-refractivity contribution in [2.75, 3.05) is 6.54 Å². The number of rotatable bonds is 5. The van der Waals surface area contributed by atoms with Gasteiger partial charge in [0.05, 0.1) is 12.8 Å². The Kier molecular flexibility index (Phi) is 6.19. The highest BCUT2D eigenvalue weighted by Crippen LogP contribution is 2.25. The van der Waals surface area contributed by atoms with Gasteiger partial charge in [-0.3, -0.25) is 9.59 Å². The van der Waals surface area contributed by atoms with E-state index in [-0.39, 0.29) is 0 Å². The first-order valence-electron chi connectivity index (χ1n) is 8.32. The summed E-state index contributed by atoms with van der Waals surface area (Å²) in [6.07, 6.45) is -1.14. The third-order valence-corrected chi connectivity index (χ3v) is 4.29. The number of aryl methyl sites for hydroxylation is 1. The molecule has 0 atom stereocenters. The van der Waals surface area contributed by atoms with E-state index in [0.717, 1.165) is 19.5 Å². The molecule has 146 valence electrons. The van der Waals surface area contributed by atoms with Crippen LogP contribution in [0, 0.1) is 6.92 Å². The number of carbonyl (C=O) groups is 3. The van der Waals surface area contributed by atoms with Crippen molar-refractivity contribution < 1.29 is 34.8 Å². The number of carboxylic acid groups (broad SMARTS) is 3. The van der Waals surface area contributed by atoms with Gasteiger partial charge in [-0.05, 0) is 37.6 Å². The molecule has 2 aromatic rings. The highest BCUT2D eigenvalue weighted by molar-refractivity contribution is 5.88. The number of aliphatic hydroxyl groups is 1. The fourth-order valence-electron chi connectivity index (χ4n) is 2.99. The van der Waals surface area contributed by atoms with Crippen molar-refractivity contribution in [2.24, 2.45) is 0 Å². The molecule has 0 bridgehead atoms. The average molecular weight is 378 g/mol. The Bertz CT molecular complexity index is 856. The predicted molar refractivity (Wildman–Crippen MR) is 95.5 cm³/mol. The van der Waals surface area contributed by atoms with Crippen LogP contribution >= 0.6 is 0 Å². The standard InChI is InChI=1S/C12H14N2.C6H8O7/c1-8-2-3-11-10(6-8)9-4-5-13-7-12(9)14-11;7-3(8)1-6(13,5(11)12)2-4(9)10/h2-3,6,13-14H,4-5,7H2,1H3;13H,1-2H2,(H,7,8)(H,9,10)(H,11,12). The van der Waals surface area contributed by atoms with Crippen molar-refractivity contribution in [3.63, 3.8) is 0 Å². The summed E-state index contributed by atoms with van der Waals surface area (Å²) in [6, 6.07) is 6.64. The first-order chi connectivity index (χ1) is 12.6. The van der Waals surface area contributed by atoms with Crippen molar-refractivity contribution in [2.45, 2.75) is 38.3 Å². The lowest BCUT2D eigenvalue weighted by Gasteiger charge is -2.18. The summed E-state index contributed by atoms with van der Waals surface area (Å²) < 4.78 is 0. The number of H-pyrrole nitrogens is 1. The van der Waals surface area contributed by atoms with Crippen LogP contribution in [0.25, 0.3) is 10.9 Å². The zero-order valence-corrected chi connectivity index (χ0v) is 14.8. The summed E-state index contributed by atoms with van der Waals surface area (Å²) in [6.45, 7) is 4.25. The number of nitrogens with one attached hydrogen (secondary N) is 2. The number of aromatic nitrogens is 1. The Balaban J connectivity index is 0.000000195. The zero-order valence-electron chi connectivity index (χ0n) is 14.8. The normalized spacial score (nSPS) is 13.4. The minimum atomic E-state index is -2.74. The van der Waals surface area contributed by atoms with Gasteiger partial charge in [-0.25, -0.2) is 4.79 Å². The van der Waals surface area contributed by atoms with Crippen molar-refractivity contribution in [3.8, 4) is 0 Å². The molecule has 6 N–H and O–H groups in total. The maximum absolute atomic E-state index is 10.3. The van der Waals surface area contributed by atoms with Gasteiger partial charge in [0.15, 0.2) is 5.60 Å². The molecule has 27 heavy (non-hydrogen) atoms. The molecule has 0 fully saturated rings. The Hall–Kier alpha value is -2.91. The average Bonchev–Trinajstić information content (AvgIpc) is 2.92. The van der Waals surface area contributed by atoms with Gasteiger partial charge < -0.3 is 30.7 Å². The van der Waals surface area contributed by atoms with Crippen LogP contribution in [0.1, 0.15) is 29.7 Å². The van der Waals surface area contributed by atoms with Gasteiger partial charge in [-0.15, -0.1) is 0 Å². The van der Waals surface area contributed by atoms with Crippen LogP contribution in [0.2, 0.25) is 0 Å². The van der Waals surface area contributed by atoms with Crippen molar-refractivity contribution >= 4 is 28.8 Å². The Morgan fingerprint density at radius 3 is 2.30 bits per heavy atom. The molecule has 0 radical (unpaired) electrons. The molecule has 1 aliphatic heterocycles. The van der Waals surface area contributed by atoms with E-state index in [0.29, 0.717) is 0 Å². The van der Waals surface area contributed by atoms with E-state index in [2.05, 4.69) is 35.4 Å². The van der Waals surface area contributed by atoms with Gasteiger partial charge >= 0.3 is 17.9 Å². The van der Waals surface area contributed by atoms with Crippen LogP contribution in [-0.4, -0.2) is 55.5 Å². The smallest absolute Gasteiger partial charge is 0.336 e. The molecule has 3 rings (SSSR count). The first kappa shape index (κ1) is 20.4. The van der Waals surface area contributed by atoms with Crippen molar-refractivity contribution in [1.82, 2.24) is 10.3 Å². The zero-order chi connectivity index (χ0) is 20.2. The summed E-state index contributed by atoms with van der Waals surface area (Å²) in [5.74, 6) is -5.02. The summed E-state index contributed by atoms with van der Waals surface area (Å²) >= 11 is 0. The van der Waals surface area contributed by atoms with Gasteiger partial charge in [0, 0.05) is 23.1 Å². The largest absolute Gasteiger partial charge is 0.481 e. The summed E-state index contributed by atoms with van der Waals surface area (Å²) in [4.78, 5) is 34.0. The molecule has 0 aliphatic carbocycles. The highest BCUT2D eigenvalue weighted by Gasteiger charge is 2.40. The third-order valence-electron chi connectivity index (χ3n) is 4.29. The van der Waals surface area contributed by atoms with E-state index >= 15 is 0 Å².